The summed E-state index contributed by atoms with van der Waals surface area (Å²) in [6.07, 6.45) is 2.97. The van der Waals surface area contributed by atoms with Crippen LogP contribution in [0.2, 0.25) is 0 Å². The first-order valence-corrected chi connectivity index (χ1v) is 9.80. The van der Waals surface area contributed by atoms with E-state index in [1.807, 2.05) is 30.3 Å². The largest absolute Gasteiger partial charge is 0.364 e. The quantitative estimate of drug-likeness (QED) is 0.557. The Hall–Kier alpha value is -2.14. The van der Waals surface area contributed by atoms with Crippen LogP contribution in [0.1, 0.15) is 38.7 Å². The van der Waals surface area contributed by atoms with Crippen LogP contribution < -0.4 is 0 Å². The first kappa shape index (κ1) is 18.6. The molecule has 0 unspecified atom stereocenters. The summed E-state index contributed by atoms with van der Waals surface area (Å²) in [6.45, 7) is 9.26. The molecule has 26 heavy (non-hydrogen) atoms. The molecule has 0 saturated carbocycles. The summed E-state index contributed by atoms with van der Waals surface area (Å²) in [5, 5.41) is 0. The molecule has 5 nitrogen and oxygen atoms in total. The van der Waals surface area contributed by atoms with E-state index in [0.717, 1.165) is 57.5 Å². The third-order valence-electron chi connectivity index (χ3n) is 5.33. The normalized spacial score (nSPS) is 19.0. The van der Waals surface area contributed by atoms with Crippen LogP contribution in [-0.4, -0.2) is 65.8 Å². The molecule has 1 aromatic rings. The second-order valence-electron chi connectivity index (χ2n) is 6.98. The van der Waals surface area contributed by atoms with Gasteiger partial charge in [-0.05, 0) is 18.5 Å². The summed E-state index contributed by atoms with van der Waals surface area (Å²) in [6, 6.07) is 9.64. The molecule has 2 aliphatic heterocycles. The lowest BCUT2D eigenvalue weighted by Gasteiger charge is -2.36. The van der Waals surface area contributed by atoms with Gasteiger partial charge < -0.3 is 9.80 Å². The Morgan fingerprint density at radius 2 is 1.58 bits per heavy atom. The predicted octanol–water partition coefficient (Wildman–Crippen LogP) is 2.59. The van der Waals surface area contributed by atoms with E-state index in [1.54, 1.807) is 0 Å². The molecule has 0 aliphatic carbocycles. The maximum Gasteiger partial charge on any atom is 0.277 e. The number of hydrogen-bond acceptors (Lipinski definition) is 4. The summed E-state index contributed by atoms with van der Waals surface area (Å²) in [4.78, 5) is 32.2. The molecular weight excluding hydrogens is 326 g/mol. The number of imide groups is 1. The monoisotopic (exact) mass is 355 g/mol. The van der Waals surface area contributed by atoms with Crippen LogP contribution in [0.5, 0.6) is 0 Å². The van der Waals surface area contributed by atoms with E-state index >= 15 is 0 Å². The van der Waals surface area contributed by atoms with Crippen LogP contribution in [0.25, 0.3) is 5.57 Å². The van der Waals surface area contributed by atoms with Crippen molar-refractivity contribution in [3.63, 3.8) is 0 Å². The fraction of sp³-hybridized carbons (Fsp3) is 0.524. The van der Waals surface area contributed by atoms with Gasteiger partial charge in [0.05, 0.1) is 5.57 Å². The van der Waals surface area contributed by atoms with E-state index in [2.05, 4.69) is 23.6 Å². The zero-order valence-corrected chi connectivity index (χ0v) is 15.9. The van der Waals surface area contributed by atoms with Gasteiger partial charge in [0, 0.05) is 32.7 Å². The number of carbonyl (C=O) groups is 2. The SMILES string of the molecule is CCCCCN1C(=O)C(c2ccccc2)=C(N2CCN(CC)CC2)C1=O. The first-order valence-electron chi connectivity index (χ1n) is 9.80. The molecule has 0 aromatic heterocycles. The fourth-order valence-corrected chi connectivity index (χ4v) is 3.73. The number of carbonyl (C=O) groups excluding carboxylic acids is 2. The van der Waals surface area contributed by atoms with Gasteiger partial charge in [-0.3, -0.25) is 14.5 Å². The van der Waals surface area contributed by atoms with Crippen molar-refractivity contribution in [1.82, 2.24) is 14.7 Å². The van der Waals surface area contributed by atoms with Crippen LogP contribution in [-0.2, 0) is 9.59 Å². The highest BCUT2D eigenvalue weighted by atomic mass is 16.2. The standard InChI is InChI=1S/C21H29N3O2/c1-3-5-9-12-24-20(25)18(17-10-7-6-8-11-17)19(21(24)26)23-15-13-22(4-2)14-16-23/h6-8,10-11H,3-5,9,12-16H2,1-2H3. The third kappa shape index (κ3) is 3.68. The molecule has 0 bridgehead atoms. The Bertz CT molecular complexity index is 676. The van der Waals surface area contributed by atoms with Gasteiger partial charge in [0.1, 0.15) is 5.70 Å². The van der Waals surface area contributed by atoms with Gasteiger partial charge in [0.15, 0.2) is 0 Å². The van der Waals surface area contributed by atoms with E-state index in [1.165, 1.54) is 4.90 Å². The van der Waals surface area contributed by atoms with Crippen LogP contribution in [0.4, 0.5) is 0 Å². The number of nitrogens with zero attached hydrogens (tertiary/aromatic N) is 3. The van der Waals surface area contributed by atoms with Gasteiger partial charge >= 0.3 is 0 Å². The van der Waals surface area contributed by atoms with Crippen molar-refractivity contribution in [3.05, 3.63) is 41.6 Å². The minimum Gasteiger partial charge on any atom is -0.364 e. The van der Waals surface area contributed by atoms with Gasteiger partial charge in [0.25, 0.3) is 11.8 Å². The first-order chi connectivity index (χ1) is 12.7. The summed E-state index contributed by atoms with van der Waals surface area (Å²) in [5.41, 5.74) is 2.03. The average molecular weight is 355 g/mol. The number of hydrogen-bond donors (Lipinski definition) is 0. The van der Waals surface area contributed by atoms with Crippen molar-refractivity contribution < 1.29 is 9.59 Å². The number of rotatable bonds is 7. The zero-order chi connectivity index (χ0) is 18.5. The second kappa shape index (κ2) is 8.49. The highest BCUT2D eigenvalue weighted by molar-refractivity contribution is 6.35. The molecule has 1 fully saturated rings. The highest BCUT2D eigenvalue weighted by Crippen LogP contribution is 2.32. The Balaban J connectivity index is 1.90. The summed E-state index contributed by atoms with van der Waals surface area (Å²) in [7, 11) is 0. The summed E-state index contributed by atoms with van der Waals surface area (Å²) < 4.78 is 0. The topological polar surface area (TPSA) is 43.9 Å². The van der Waals surface area contributed by atoms with Gasteiger partial charge in [-0.25, -0.2) is 0 Å². The molecule has 1 saturated heterocycles. The van der Waals surface area contributed by atoms with Crippen molar-refractivity contribution in [2.45, 2.75) is 33.1 Å². The number of piperazine rings is 1. The lowest BCUT2D eigenvalue weighted by molar-refractivity contribution is -0.137. The Kier molecular flexibility index (Phi) is 6.09. The van der Waals surface area contributed by atoms with Crippen molar-refractivity contribution >= 4 is 17.4 Å². The van der Waals surface area contributed by atoms with E-state index in [9.17, 15) is 9.59 Å². The molecule has 0 atom stereocenters. The molecule has 0 radical (unpaired) electrons. The van der Waals surface area contributed by atoms with Gasteiger partial charge in [-0.1, -0.05) is 57.0 Å². The lowest BCUT2D eigenvalue weighted by atomic mass is 10.0. The lowest BCUT2D eigenvalue weighted by Crippen LogP contribution is -2.47. The third-order valence-corrected chi connectivity index (χ3v) is 5.33. The number of amides is 2. The van der Waals surface area contributed by atoms with Crippen LogP contribution in [0.15, 0.2) is 36.0 Å². The number of unbranched alkanes of at least 4 members (excludes halogenated alkanes) is 2. The molecular formula is C21H29N3O2. The van der Waals surface area contributed by atoms with E-state index in [4.69, 9.17) is 0 Å². The molecule has 2 aliphatic rings. The van der Waals surface area contributed by atoms with Crippen LogP contribution in [0.3, 0.4) is 0 Å². The minimum absolute atomic E-state index is 0.116. The van der Waals surface area contributed by atoms with Crippen LogP contribution >= 0.6 is 0 Å². The van der Waals surface area contributed by atoms with E-state index in [0.29, 0.717) is 17.8 Å². The molecule has 3 rings (SSSR count). The molecule has 2 heterocycles. The van der Waals surface area contributed by atoms with Crippen LogP contribution in [0, 0.1) is 0 Å². The Labute approximate surface area is 156 Å². The smallest absolute Gasteiger partial charge is 0.277 e. The van der Waals surface area contributed by atoms with Crippen molar-refractivity contribution in [2.75, 3.05) is 39.3 Å². The van der Waals surface area contributed by atoms with E-state index < -0.39 is 0 Å². The number of likely N-dealkylation sites (N-methyl/N-ethyl adjacent to an activating group) is 1. The Morgan fingerprint density at radius 3 is 2.19 bits per heavy atom. The molecule has 5 heteroatoms. The predicted molar refractivity (Wildman–Crippen MR) is 103 cm³/mol. The summed E-state index contributed by atoms with van der Waals surface area (Å²) in [5.74, 6) is -0.250. The van der Waals surface area contributed by atoms with Crippen molar-refractivity contribution in [3.8, 4) is 0 Å². The molecule has 1 aromatic carbocycles. The van der Waals surface area contributed by atoms with Gasteiger partial charge in [0.2, 0.25) is 0 Å². The molecule has 140 valence electrons. The van der Waals surface area contributed by atoms with Crippen molar-refractivity contribution in [2.24, 2.45) is 0 Å². The zero-order valence-electron chi connectivity index (χ0n) is 15.9. The minimum atomic E-state index is -0.134. The average Bonchev–Trinajstić information content (AvgIpc) is 2.93. The second-order valence-corrected chi connectivity index (χ2v) is 6.98. The maximum absolute atomic E-state index is 13.1. The van der Waals surface area contributed by atoms with Gasteiger partial charge in [-0.2, -0.15) is 0 Å². The van der Waals surface area contributed by atoms with Crippen molar-refractivity contribution in [1.29, 1.82) is 0 Å². The van der Waals surface area contributed by atoms with Gasteiger partial charge in [-0.15, -0.1) is 0 Å². The summed E-state index contributed by atoms with van der Waals surface area (Å²) >= 11 is 0. The van der Waals surface area contributed by atoms with E-state index in [-0.39, 0.29) is 11.8 Å². The maximum atomic E-state index is 13.1. The molecule has 0 N–H and O–H groups in total. The molecule has 0 spiro atoms. The fourth-order valence-electron chi connectivity index (χ4n) is 3.73. The molecule has 2 amide bonds. The Morgan fingerprint density at radius 1 is 0.885 bits per heavy atom. The highest BCUT2D eigenvalue weighted by Gasteiger charge is 2.41. The number of benzene rings is 1.